The molecule has 0 aliphatic carbocycles. The van der Waals surface area contributed by atoms with Crippen molar-refractivity contribution in [2.24, 2.45) is 0 Å². The molecule has 4 rings (SSSR count). The third-order valence-corrected chi connectivity index (χ3v) is 5.49. The monoisotopic (exact) mass is 447 g/mol. The molecule has 0 saturated carbocycles. The minimum Gasteiger partial charge on any atom is -0.479 e. The third-order valence-electron chi connectivity index (χ3n) is 4.81. The number of hydrogen-bond donors (Lipinski definition) is 0. The Labute approximate surface area is 181 Å². The van der Waals surface area contributed by atoms with Gasteiger partial charge in [-0.1, -0.05) is 23.2 Å². The van der Waals surface area contributed by atoms with Crippen molar-refractivity contribution < 1.29 is 13.9 Å². The van der Waals surface area contributed by atoms with Crippen LogP contribution in [0.25, 0.3) is 11.1 Å². The predicted molar refractivity (Wildman–Crippen MR) is 111 cm³/mol. The summed E-state index contributed by atoms with van der Waals surface area (Å²) in [6.45, 7) is 1.08. The second kappa shape index (κ2) is 8.42. The molecular formula is C21H16Cl2FN3O3. The standard InChI is InChI=1S/C21H16Cl2FN3O3/c22-16-12-17(24)15(19-20(23)26-8-1-2-9-27(26)21(19)28)11-18(16)30-14-5-3-13(4-6-14)29-10-7-25/h3-6,11-12H,1-2,8-10H2. The summed E-state index contributed by atoms with van der Waals surface area (Å²) in [6, 6.07) is 10.9. The highest BCUT2D eigenvalue weighted by Gasteiger charge is 2.25. The lowest BCUT2D eigenvalue weighted by Gasteiger charge is -2.17. The van der Waals surface area contributed by atoms with Crippen molar-refractivity contribution in [1.29, 1.82) is 5.26 Å². The lowest BCUT2D eigenvalue weighted by atomic mass is 10.1. The van der Waals surface area contributed by atoms with E-state index in [0.29, 0.717) is 24.6 Å². The lowest BCUT2D eigenvalue weighted by molar-refractivity contribution is 0.356. The zero-order valence-corrected chi connectivity index (χ0v) is 17.2. The molecule has 1 aliphatic rings. The molecule has 0 spiro atoms. The molecule has 1 aliphatic heterocycles. The van der Waals surface area contributed by atoms with Gasteiger partial charge in [0.1, 0.15) is 34.3 Å². The Morgan fingerprint density at radius 1 is 1.07 bits per heavy atom. The summed E-state index contributed by atoms with van der Waals surface area (Å²) in [5.74, 6) is 0.463. The van der Waals surface area contributed by atoms with Gasteiger partial charge in [-0.3, -0.25) is 9.48 Å². The summed E-state index contributed by atoms with van der Waals surface area (Å²) in [4.78, 5) is 12.8. The molecule has 0 atom stereocenters. The molecule has 0 radical (unpaired) electrons. The second-order valence-electron chi connectivity index (χ2n) is 6.71. The summed E-state index contributed by atoms with van der Waals surface area (Å²) in [5.41, 5.74) is -0.212. The molecule has 2 aromatic carbocycles. The molecule has 0 N–H and O–H groups in total. The van der Waals surface area contributed by atoms with Gasteiger partial charge >= 0.3 is 0 Å². The topological polar surface area (TPSA) is 69.2 Å². The molecule has 1 aromatic heterocycles. The van der Waals surface area contributed by atoms with Crippen LogP contribution in [0.4, 0.5) is 4.39 Å². The van der Waals surface area contributed by atoms with E-state index in [9.17, 15) is 9.18 Å². The summed E-state index contributed by atoms with van der Waals surface area (Å²) in [5, 5.41) is 8.82. The van der Waals surface area contributed by atoms with Crippen LogP contribution in [0.5, 0.6) is 17.2 Å². The Bertz CT molecular complexity index is 1200. The molecule has 30 heavy (non-hydrogen) atoms. The number of halogens is 3. The first kappa shape index (κ1) is 20.3. The van der Waals surface area contributed by atoms with Crippen molar-refractivity contribution in [3.8, 4) is 34.4 Å². The second-order valence-corrected chi connectivity index (χ2v) is 7.47. The van der Waals surface area contributed by atoms with Crippen molar-refractivity contribution >= 4 is 23.2 Å². The zero-order chi connectivity index (χ0) is 21.3. The van der Waals surface area contributed by atoms with E-state index in [0.717, 1.165) is 18.9 Å². The van der Waals surface area contributed by atoms with Crippen LogP contribution < -0.4 is 15.0 Å². The van der Waals surface area contributed by atoms with Gasteiger partial charge in [-0.15, -0.1) is 0 Å². The SMILES string of the molecule is N#CCOc1ccc(Oc2cc(-c3c(Cl)n4n(c3=O)CCCC4)c(F)cc2Cl)cc1. The van der Waals surface area contributed by atoms with Gasteiger partial charge in [-0.05, 0) is 49.2 Å². The van der Waals surface area contributed by atoms with Crippen molar-refractivity contribution in [2.45, 2.75) is 25.9 Å². The quantitative estimate of drug-likeness (QED) is 0.535. The van der Waals surface area contributed by atoms with Crippen LogP contribution in [-0.2, 0) is 13.1 Å². The molecule has 6 nitrogen and oxygen atoms in total. The summed E-state index contributed by atoms with van der Waals surface area (Å²) in [7, 11) is 0. The molecule has 0 amide bonds. The number of benzene rings is 2. The lowest BCUT2D eigenvalue weighted by Crippen LogP contribution is -2.27. The summed E-state index contributed by atoms with van der Waals surface area (Å²) in [6.07, 6.45) is 1.77. The van der Waals surface area contributed by atoms with Crippen molar-refractivity contribution in [3.63, 3.8) is 0 Å². The molecule has 154 valence electrons. The highest BCUT2D eigenvalue weighted by molar-refractivity contribution is 6.33. The van der Waals surface area contributed by atoms with E-state index in [4.69, 9.17) is 37.9 Å². The van der Waals surface area contributed by atoms with Gasteiger partial charge in [0.05, 0.1) is 10.6 Å². The first-order valence-corrected chi connectivity index (χ1v) is 10.0. The maximum Gasteiger partial charge on any atom is 0.276 e. The summed E-state index contributed by atoms with van der Waals surface area (Å²) >= 11 is 12.6. The fraction of sp³-hybridized carbons (Fsp3) is 0.238. The van der Waals surface area contributed by atoms with E-state index in [2.05, 4.69) is 0 Å². The molecule has 0 unspecified atom stereocenters. The van der Waals surface area contributed by atoms with E-state index in [1.807, 2.05) is 6.07 Å². The van der Waals surface area contributed by atoms with Crippen molar-refractivity contribution in [2.75, 3.05) is 6.61 Å². The third kappa shape index (κ3) is 3.76. The Kier molecular flexibility index (Phi) is 5.71. The molecule has 2 heterocycles. The number of aromatic nitrogens is 2. The van der Waals surface area contributed by atoms with E-state index in [1.165, 1.54) is 10.7 Å². The Hall–Kier alpha value is -2.95. The van der Waals surface area contributed by atoms with Crippen LogP contribution in [0.3, 0.4) is 0 Å². The van der Waals surface area contributed by atoms with Crippen molar-refractivity contribution in [3.05, 3.63) is 62.7 Å². The first-order chi connectivity index (χ1) is 14.5. The smallest absolute Gasteiger partial charge is 0.276 e. The Morgan fingerprint density at radius 2 is 1.73 bits per heavy atom. The van der Waals surface area contributed by atoms with Gasteiger partial charge in [0.25, 0.3) is 5.56 Å². The van der Waals surface area contributed by atoms with Crippen molar-refractivity contribution in [1.82, 2.24) is 9.36 Å². The first-order valence-electron chi connectivity index (χ1n) is 9.26. The number of nitriles is 1. The van der Waals surface area contributed by atoms with Gasteiger partial charge in [-0.25, -0.2) is 9.07 Å². The number of hydrogen-bond acceptors (Lipinski definition) is 4. The fourth-order valence-electron chi connectivity index (χ4n) is 3.40. The van der Waals surface area contributed by atoms with Gasteiger partial charge < -0.3 is 9.47 Å². The van der Waals surface area contributed by atoms with E-state index in [1.54, 1.807) is 28.9 Å². The maximum atomic E-state index is 14.8. The van der Waals surface area contributed by atoms with E-state index < -0.39 is 5.82 Å². The highest BCUT2D eigenvalue weighted by atomic mass is 35.5. The fourth-order valence-corrected chi connectivity index (χ4v) is 3.95. The molecule has 0 saturated heterocycles. The van der Waals surface area contributed by atoms with Gasteiger partial charge in [-0.2, -0.15) is 5.26 Å². The van der Waals surface area contributed by atoms with Gasteiger partial charge in [0.15, 0.2) is 6.61 Å². The van der Waals surface area contributed by atoms with Crippen LogP contribution in [0.1, 0.15) is 12.8 Å². The summed E-state index contributed by atoms with van der Waals surface area (Å²) < 4.78 is 29.0. The Morgan fingerprint density at radius 3 is 2.40 bits per heavy atom. The minimum atomic E-state index is -0.657. The number of rotatable bonds is 5. The largest absolute Gasteiger partial charge is 0.479 e. The predicted octanol–water partition coefficient (Wildman–Crippen LogP) is 5.25. The van der Waals surface area contributed by atoms with Crippen LogP contribution in [0, 0.1) is 17.1 Å². The van der Waals surface area contributed by atoms with Crippen LogP contribution in [0.2, 0.25) is 10.2 Å². The normalized spacial score (nSPS) is 12.9. The zero-order valence-electron chi connectivity index (χ0n) is 15.7. The van der Waals surface area contributed by atoms with E-state index in [-0.39, 0.29) is 39.2 Å². The molecule has 0 bridgehead atoms. The van der Waals surface area contributed by atoms with Gasteiger partial charge in [0, 0.05) is 18.7 Å². The molecular weight excluding hydrogens is 432 g/mol. The average Bonchev–Trinajstić information content (AvgIpc) is 3.00. The number of ether oxygens (including phenoxy) is 2. The maximum absolute atomic E-state index is 14.8. The minimum absolute atomic E-state index is 0.0350. The van der Waals surface area contributed by atoms with Crippen LogP contribution in [-0.4, -0.2) is 16.0 Å². The average molecular weight is 448 g/mol. The highest BCUT2D eigenvalue weighted by Crippen LogP contribution is 2.37. The Balaban J connectivity index is 1.70. The number of fused-ring (bicyclic) bond motifs is 1. The molecule has 3 aromatic rings. The van der Waals surface area contributed by atoms with Crippen LogP contribution >= 0.6 is 23.2 Å². The van der Waals surface area contributed by atoms with E-state index >= 15 is 0 Å². The molecule has 0 fully saturated rings. The number of nitrogens with zero attached hydrogens (tertiary/aromatic N) is 3. The van der Waals surface area contributed by atoms with Crippen LogP contribution in [0.15, 0.2) is 41.2 Å². The molecule has 9 heteroatoms. The van der Waals surface area contributed by atoms with Gasteiger partial charge in [0.2, 0.25) is 0 Å².